The monoisotopic (exact) mass is 353 g/mol. The fourth-order valence-electron chi connectivity index (χ4n) is 2.13. The highest BCUT2D eigenvalue weighted by Crippen LogP contribution is 2.16. The molecule has 0 saturated carbocycles. The SMILES string of the molecule is CCOc1cccc(/C=C/C(=O)c2ccc(OCC(=O)N(C)C)cc2)c1. The minimum Gasteiger partial charge on any atom is -0.494 e. The van der Waals surface area contributed by atoms with E-state index in [0.717, 1.165) is 11.3 Å². The normalized spacial score (nSPS) is 10.6. The second kappa shape index (κ2) is 9.42. The maximum Gasteiger partial charge on any atom is 0.259 e. The van der Waals surface area contributed by atoms with Crippen molar-refractivity contribution >= 4 is 17.8 Å². The fourth-order valence-corrected chi connectivity index (χ4v) is 2.13. The molecule has 0 heterocycles. The number of carbonyl (C=O) groups excluding carboxylic acids is 2. The van der Waals surface area contributed by atoms with Crippen molar-refractivity contribution in [3.05, 3.63) is 65.7 Å². The van der Waals surface area contributed by atoms with Gasteiger partial charge in [0.2, 0.25) is 0 Å². The molecule has 0 aliphatic carbocycles. The number of benzene rings is 2. The maximum absolute atomic E-state index is 12.3. The maximum atomic E-state index is 12.3. The average Bonchev–Trinajstić information content (AvgIpc) is 2.65. The van der Waals surface area contributed by atoms with Crippen LogP contribution in [0.2, 0.25) is 0 Å². The molecule has 5 heteroatoms. The molecule has 0 spiro atoms. The Kier molecular flexibility index (Phi) is 6.97. The quantitative estimate of drug-likeness (QED) is 0.539. The first-order valence-electron chi connectivity index (χ1n) is 8.38. The topological polar surface area (TPSA) is 55.8 Å². The number of allylic oxidation sites excluding steroid dienone is 1. The Hall–Kier alpha value is -3.08. The van der Waals surface area contributed by atoms with Gasteiger partial charge in [-0.2, -0.15) is 0 Å². The molecule has 2 rings (SSSR count). The van der Waals surface area contributed by atoms with Crippen LogP contribution < -0.4 is 9.47 Å². The van der Waals surface area contributed by atoms with Crippen molar-refractivity contribution in [3.8, 4) is 11.5 Å². The van der Waals surface area contributed by atoms with Crippen molar-refractivity contribution in [3.63, 3.8) is 0 Å². The van der Waals surface area contributed by atoms with Crippen LogP contribution in [0.3, 0.4) is 0 Å². The smallest absolute Gasteiger partial charge is 0.259 e. The molecule has 26 heavy (non-hydrogen) atoms. The van der Waals surface area contributed by atoms with Gasteiger partial charge < -0.3 is 14.4 Å². The van der Waals surface area contributed by atoms with Gasteiger partial charge in [0.15, 0.2) is 12.4 Å². The van der Waals surface area contributed by atoms with Crippen molar-refractivity contribution in [2.75, 3.05) is 27.3 Å². The third kappa shape index (κ3) is 5.77. The van der Waals surface area contributed by atoms with E-state index in [-0.39, 0.29) is 18.3 Å². The van der Waals surface area contributed by atoms with Crippen molar-refractivity contribution in [2.45, 2.75) is 6.92 Å². The van der Waals surface area contributed by atoms with Gasteiger partial charge >= 0.3 is 0 Å². The lowest BCUT2D eigenvalue weighted by Crippen LogP contribution is -2.27. The van der Waals surface area contributed by atoms with Crippen molar-refractivity contribution in [1.82, 2.24) is 4.90 Å². The minimum absolute atomic E-state index is 0.0314. The molecule has 1 amide bonds. The molecule has 0 N–H and O–H groups in total. The van der Waals surface area contributed by atoms with Gasteiger partial charge in [0.05, 0.1) is 6.61 Å². The summed E-state index contributed by atoms with van der Waals surface area (Å²) in [6.07, 6.45) is 3.28. The van der Waals surface area contributed by atoms with Gasteiger partial charge in [-0.05, 0) is 55.0 Å². The van der Waals surface area contributed by atoms with E-state index in [2.05, 4.69) is 0 Å². The van der Waals surface area contributed by atoms with Crippen LogP contribution in [-0.2, 0) is 4.79 Å². The molecule has 0 aliphatic heterocycles. The van der Waals surface area contributed by atoms with Crippen LogP contribution in [0.4, 0.5) is 0 Å². The highest BCUT2D eigenvalue weighted by molar-refractivity contribution is 6.06. The van der Waals surface area contributed by atoms with E-state index in [1.165, 1.54) is 11.0 Å². The van der Waals surface area contributed by atoms with Gasteiger partial charge in [0.1, 0.15) is 11.5 Å². The van der Waals surface area contributed by atoms with E-state index in [1.54, 1.807) is 44.4 Å². The number of carbonyl (C=O) groups is 2. The molecule has 0 aromatic heterocycles. The largest absolute Gasteiger partial charge is 0.494 e. The molecule has 5 nitrogen and oxygen atoms in total. The highest BCUT2D eigenvalue weighted by atomic mass is 16.5. The van der Waals surface area contributed by atoms with Gasteiger partial charge in [-0.15, -0.1) is 0 Å². The van der Waals surface area contributed by atoms with Gasteiger partial charge in [0.25, 0.3) is 5.91 Å². The minimum atomic E-state index is -0.123. The van der Waals surface area contributed by atoms with Gasteiger partial charge in [-0.3, -0.25) is 9.59 Å². The predicted molar refractivity (Wildman–Crippen MR) is 102 cm³/mol. The number of likely N-dealkylation sites (N-methyl/N-ethyl adjacent to an activating group) is 1. The number of hydrogen-bond acceptors (Lipinski definition) is 4. The van der Waals surface area contributed by atoms with Crippen LogP contribution in [0, 0.1) is 0 Å². The summed E-state index contributed by atoms with van der Waals surface area (Å²) in [5.41, 5.74) is 1.44. The van der Waals surface area contributed by atoms with E-state index in [1.807, 2.05) is 31.2 Å². The Labute approximate surface area is 153 Å². The molecule has 0 saturated heterocycles. The van der Waals surface area contributed by atoms with Crippen LogP contribution in [0.5, 0.6) is 11.5 Å². The Bertz CT molecular complexity index is 779. The summed E-state index contributed by atoms with van der Waals surface area (Å²) in [5.74, 6) is 1.09. The van der Waals surface area contributed by atoms with Crippen LogP contribution in [0.25, 0.3) is 6.08 Å². The number of hydrogen-bond donors (Lipinski definition) is 0. The summed E-state index contributed by atoms with van der Waals surface area (Å²) >= 11 is 0. The zero-order chi connectivity index (χ0) is 18.9. The van der Waals surface area contributed by atoms with Crippen LogP contribution in [0.1, 0.15) is 22.8 Å². The zero-order valence-corrected chi connectivity index (χ0v) is 15.3. The Morgan fingerprint density at radius 1 is 1.00 bits per heavy atom. The number of nitrogens with zero attached hydrogens (tertiary/aromatic N) is 1. The second-order valence-corrected chi connectivity index (χ2v) is 5.80. The summed E-state index contributed by atoms with van der Waals surface area (Å²) in [4.78, 5) is 25.2. The lowest BCUT2D eigenvalue weighted by atomic mass is 10.1. The first-order valence-corrected chi connectivity index (χ1v) is 8.38. The van der Waals surface area contributed by atoms with E-state index in [4.69, 9.17) is 9.47 Å². The molecule has 2 aromatic rings. The van der Waals surface area contributed by atoms with E-state index >= 15 is 0 Å². The summed E-state index contributed by atoms with van der Waals surface area (Å²) < 4.78 is 10.8. The third-order valence-corrected chi connectivity index (χ3v) is 3.60. The first-order chi connectivity index (χ1) is 12.5. The molecule has 2 aromatic carbocycles. The van der Waals surface area contributed by atoms with Crippen LogP contribution in [-0.4, -0.2) is 43.9 Å². The average molecular weight is 353 g/mol. The van der Waals surface area contributed by atoms with Gasteiger partial charge in [0, 0.05) is 19.7 Å². The van der Waals surface area contributed by atoms with Crippen LogP contribution in [0.15, 0.2) is 54.6 Å². The molecule has 0 unspecified atom stereocenters. The number of ketones is 1. The third-order valence-electron chi connectivity index (χ3n) is 3.60. The van der Waals surface area contributed by atoms with Gasteiger partial charge in [-0.25, -0.2) is 0 Å². The molecular weight excluding hydrogens is 330 g/mol. The first kappa shape index (κ1) is 19.2. The number of rotatable bonds is 8. The Morgan fingerprint density at radius 3 is 2.38 bits per heavy atom. The molecular formula is C21H23NO4. The second-order valence-electron chi connectivity index (χ2n) is 5.80. The predicted octanol–water partition coefficient (Wildman–Crippen LogP) is 3.45. The van der Waals surface area contributed by atoms with Crippen molar-refractivity contribution in [1.29, 1.82) is 0 Å². The summed E-state index contributed by atoms with van der Waals surface area (Å²) in [6, 6.07) is 14.3. The van der Waals surface area contributed by atoms with E-state index < -0.39 is 0 Å². The van der Waals surface area contributed by atoms with Crippen molar-refractivity contribution in [2.24, 2.45) is 0 Å². The van der Waals surface area contributed by atoms with Gasteiger partial charge in [-0.1, -0.05) is 18.2 Å². The van der Waals surface area contributed by atoms with E-state index in [0.29, 0.717) is 17.9 Å². The highest BCUT2D eigenvalue weighted by Gasteiger charge is 2.06. The van der Waals surface area contributed by atoms with E-state index in [9.17, 15) is 9.59 Å². The molecule has 136 valence electrons. The Balaban J connectivity index is 1.97. The Morgan fingerprint density at radius 2 is 1.73 bits per heavy atom. The summed E-state index contributed by atoms with van der Waals surface area (Å²) in [7, 11) is 3.34. The molecule has 0 bridgehead atoms. The number of ether oxygens (including phenoxy) is 2. The number of amides is 1. The molecule has 0 atom stereocenters. The standard InChI is InChI=1S/C21H23NO4/c1-4-25-19-7-5-6-16(14-19)8-13-20(23)17-9-11-18(12-10-17)26-15-21(24)22(2)3/h5-14H,4,15H2,1-3H3/b13-8+. The lowest BCUT2D eigenvalue weighted by Gasteiger charge is -2.11. The zero-order valence-electron chi connectivity index (χ0n) is 15.3. The van der Waals surface area contributed by atoms with Crippen LogP contribution >= 0.6 is 0 Å². The summed E-state index contributed by atoms with van der Waals surface area (Å²) in [6.45, 7) is 2.49. The lowest BCUT2D eigenvalue weighted by molar-refractivity contribution is -0.130. The summed E-state index contributed by atoms with van der Waals surface area (Å²) in [5, 5.41) is 0. The fraction of sp³-hybridized carbons (Fsp3) is 0.238. The molecule has 0 fully saturated rings. The molecule has 0 radical (unpaired) electrons. The van der Waals surface area contributed by atoms with Crippen molar-refractivity contribution < 1.29 is 19.1 Å². The molecule has 0 aliphatic rings.